The predicted octanol–water partition coefficient (Wildman–Crippen LogP) is 3.93. The van der Waals surface area contributed by atoms with Crippen LogP contribution >= 0.6 is 0 Å². The van der Waals surface area contributed by atoms with Gasteiger partial charge in [-0.05, 0) is 80.8 Å². The highest BCUT2D eigenvalue weighted by molar-refractivity contribution is 6.04. The van der Waals surface area contributed by atoms with E-state index < -0.39 is 5.60 Å². The molecule has 3 nitrogen and oxygen atoms in total. The molecule has 2 N–H and O–H groups in total. The number of carbonyl (C=O) groups is 1. The zero-order valence-electron chi connectivity index (χ0n) is 14.4. The van der Waals surface area contributed by atoms with Gasteiger partial charge in [-0.15, -0.1) is 0 Å². The second-order valence-corrected chi connectivity index (χ2v) is 9.03. The molecule has 4 aliphatic carbocycles. The van der Waals surface area contributed by atoms with Gasteiger partial charge in [-0.25, -0.2) is 0 Å². The Hall–Kier alpha value is -1.09. The van der Waals surface area contributed by atoms with E-state index in [0.29, 0.717) is 17.8 Å². The van der Waals surface area contributed by atoms with E-state index in [9.17, 15) is 15.0 Å². The molecule has 0 saturated heterocycles. The highest BCUT2D eigenvalue weighted by Crippen LogP contribution is 2.66. The Bertz CT molecular complexity index is 629. The lowest BCUT2D eigenvalue weighted by molar-refractivity contribution is -0.117. The minimum Gasteiger partial charge on any atom is -0.504 e. The van der Waals surface area contributed by atoms with Crippen molar-refractivity contribution in [3.63, 3.8) is 0 Å². The number of rotatable bonds is 0. The summed E-state index contributed by atoms with van der Waals surface area (Å²) >= 11 is 0. The van der Waals surface area contributed by atoms with Crippen LogP contribution in [-0.4, -0.2) is 21.6 Å². The van der Waals surface area contributed by atoms with Crippen LogP contribution in [0.25, 0.3) is 0 Å². The van der Waals surface area contributed by atoms with Gasteiger partial charge >= 0.3 is 0 Å². The van der Waals surface area contributed by atoms with Crippen molar-refractivity contribution < 1.29 is 15.0 Å². The van der Waals surface area contributed by atoms with Gasteiger partial charge in [0.2, 0.25) is 5.78 Å². The lowest BCUT2D eigenvalue weighted by Crippen LogP contribution is -2.53. The summed E-state index contributed by atoms with van der Waals surface area (Å²) in [6, 6.07) is 0. The van der Waals surface area contributed by atoms with E-state index in [-0.39, 0.29) is 22.4 Å². The minimum absolute atomic E-state index is 0.0159. The molecule has 0 bridgehead atoms. The van der Waals surface area contributed by atoms with Crippen molar-refractivity contribution in [2.75, 3.05) is 0 Å². The fourth-order valence-electron chi connectivity index (χ4n) is 6.52. The zero-order valence-corrected chi connectivity index (χ0v) is 14.4. The van der Waals surface area contributed by atoms with Crippen LogP contribution in [0.4, 0.5) is 0 Å². The van der Waals surface area contributed by atoms with Crippen molar-refractivity contribution in [3.8, 4) is 0 Å². The second kappa shape index (κ2) is 4.50. The van der Waals surface area contributed by atoms with Crippen LogP contribution in [-0.2, 0) is 4.79 Å². The highest BCUT2D eigenvalue weighted by atomic mass is 16.3. The first-order valence-electron chi connectivity index (χ1n) is 9.09. The first-order valence-corrected chi connectivity index (χ1v) is 9.09. The van der Waals surface area contributed by atoms with E-state index in [1.54, 1.807) is 6.08 Å². The Morgan fingerprint density at radius 2 is 1.78 bits per heavy atom. The number of allylic oxidation sites excluding steroid dienone is 3. The molecule has 0 aliphatic heterocycles. The molecular weight excluding hydrogens is 288 g/mol. The van der Waals surface area contributed by atoms with Crippen LogP contribution in [0.1, 0.15) is 59.3 Å². The molecule has 23 heavy (non-hydrogen) atoms. The maximum Gasteiger partial charge on any atom is 0.219 e. The topological polar surface area (TPSA) is 57.5 Å². The molecule has 0 spiro atoms. The molecule has 4 rings (SSSR count). The summed E-state index contributed by atoms with van der Waals surface area (Å²) in [5.74, 6) is 1.30. The molecule has 0 aromatic heterocycles. The molecule has 0 amide bonds. The van der Waals surface area contributed by atoms with Crippen molar-refractivity contribution >= 4 is 5.78 Å². The predicted molar refractivity (Wildman–Crippen MR) is 88.8 cm³/mol. The van der Waals surface area contributed by atoms with Crippen LogP contribution in [0.5, 0.6) is 0 Å². The summed E-state index contributed by atoms with van der Waals surface area (Å²) in [6.07, 6.45) is 9.69. The van der Waals surface area contributed by atoms with E-state index in [1.165, 1.54) is 5.57 Å². The van der Waals surface area contributed by atoms with Gasteiger partial charge in [-0.2, -0.15) is 0 Å². The molecule has 3 saturated carbocycles. The molecule has 0 aromatic carbocycles. The largest absolute Gasteiger partial charge is 0.504 e. The van der Waals surface area contributed by atoms with Gasteiger partial charge in [0.05, 0.1) is 5.60 Å². The summed E-state index contributed by atoms with van der Waals surface area (Å²) in [4.78, 5) is 11.8. The van der Waals surface area contributed by atoms with E-state index in [0.717, 1.165) is 38.5 Å². The third-order valence-electron chi connectivity index (χ3n) is 8.20. The Morgan fingerprint density at radius 3 is 2.52 bits per heavy atom. The van der Waals surface area contributed by atoms with Crippen molar-refractivity contribution in [3.05, 3.63) is 23.5 Å². The van der Waals surface area contributed by atoms with Gasteiger partial charge in [0.15, 0.2) is 5.76 Å². The number of ketones is 1. The average molecular weight is 316 g/mol. The summed E-state index contributed by atoms with van der Waals surface area (Å²) in [5, 5.41) is 20.9. The quantitative estimate of drug-likeness (QED) is 0.712. The molecule has 0 aromatic rings. The van der Waals surface area contributed by atoms with E-state index >= 15 is 0 Å². The summed E-state index contributed by atoms with van der Waals surface area (Å²) in [7, 11) is 0. The van der Waals surface area contributed by atoms with Gasteiger partial charge in [-0.3, -0.25) is 4.79 Å². The van der Waals surface area contributed by atoms with Gasteiger partial charge in [0, 0.05) is 5.41 Å². The molecule has 6 atom stereocenters. The molecule has 4 aliphatic rings. The Morgan fingerprint density at radius 1 is 1.09 bits per heavy atom. The normalized spacial score (nSPS) is 52.2. The highest BCUT2D eigenvalue weighted by Gasteiger charge is 2.62. The van der Waals surface area contributed by atoms with Crippen molar-refractivity contribution in [1.82, 2.24) is 0 Å². The lowest BCUT2D eigenvalue weighted by Gasteiger charge is -2.57. The smallest absolute Gasteiger partial charge is 0.219 e. The Kier molecular flexibility index (Phi) is 3.02. The first kappa shape index (κ1) is 15.4. The molecule has 126 valence electrons. The SMILES string of the molecule is C[C@]12C=C(O)C(=O)C=C1CC[C@@H]1[C@@H]2CC[C@@]2(C)[C@H]1CC[C@]2(C)O. The van der Waals surface area contributed by atoms with Crippen LogP contribution in [0.2, 0.25) is 0 Å². The number of fused-ring (bicyclic) bond motifs is 5. The van der Waals surface area contributed by atoms with Crippen LogP contribution in [0, 0.1) is 28.6 Å². The monoisotopic (exact) mass is 316 g/mol. The van der Waals surface area contributed by atoms with E-state index in [4.69, 9.17) is 0 Å². The lowest BCUT2D eigenvalue weighted by atomic mass is 9.47. The summed E-state index contributed by atoms with van der Waals surface area (Å²) in [5.41, 5.74) is 0.480. The molecular formula is C20H28O3. The van der Waals surface area contributed by atoms with Crippen molar-refractivity contribution in [2.45, 2.75) is 64.9 Å². The van der Waals surface area contributed by atoms with E-state index in [2.05, 4.69) is 13.8 Å². The number of hydrogen-bond donors (Lipinski definition) is 2. The Balaban J connectivity index is 1.73. The van der Waals surface area contributed by atoms with Crippen LogP contribution in [0.15, 0.2) is 23.5 Å². The maximum absolute atomic E-state index is 11.8. The fourth-order valence-corrected chi connectivity index (χ4v) is 6.52. The molecule has 3 fully saturated rings. The van der Waals surface area contributed by atoms with Crippen LogP contribution in [0.3, 0.4) is 0 Å². The van der Waals surface area contributed by atoms with Gasteiger partial charge in [0.1, 0.15) is 0 Å². The second-order valence-electron chi connectivity index (χ2n) is 9.03. The van der Waals surface area contributed by atoms with Crippen molar-refractivity contribution in [2.24, 2.45) is 28.6 Å². The third-order valence-corrected chi connectivity index (χ3v) is 8.20. The number of aliphatic hydroxyl groups excluding tert-OH is 1. The summed E-state index contributed by atoms with van der Waals surface area (Å²) < 4.78 is 0. The molecule has 0 radical (unpaired) electrons. The number of hydrogen-bond acceptors (Lipinski definition) is 3. The van der Waals surface area contributed by atoms with Crippen molar-refractivity contribution in [1.29, 1.82) is 0 Å². The van der Waals surface area contributed by atoms with Crippen LogP contribution < -0.4 is 0 Å². The van der Waals surface area contributed by atoms with E-state index in [1.807, 2.05) is 13.0 Å². The minimum atomic E-state index is -0.555. The number of carbonyl (C=O) groups excluding carboxylic acids is 1. The zero-order chi connectivity index (χ0) is 16.6. The van der Waals surface area contributed by atoms with Gasteiger partial charge in [-0.1, -0.05) is 19.4 Å². The maximum atomic E-state index is 11.8. The number of aliphatic hydroxyl groups is 2. The summed E-state index contributed by atoms with van der Waals surface area (Å²) in [6.45, 7) is 6.51. The first-order chi connectivity index (χ1) is 10.7. The molecule has 0 heterocycles. The Labute approximate surface area is 138 Å². The molecule has 0 unspecified atom stereocenters. The fraction of sp³-hybridized carbons (Fsp3) is 0.750. The van der Waals surface area contributed by atoms with Gasteiger partial charge in [0.25, 0.3) is 0 Å². The standard InChI is InChI=1S/C20H28O3/c1-18-11-17(22)16(21)10-12(18)4-5-13-14(18)6-8-19(2)15(13)7-9-20(19,3)23/h10-11,13-15,22-23H,4-9H2,1-3H3/t13-,14+,15+,18+,19+,20+/m1/s1. The van der Waals surface area contributed by atoms with Gasteiger partial charge < -0.3 is 10.2 Å². The molecule has 3 heteroatoms. The average Bonchev–Trinajstić information content (AvgIpc) is 2.71. The third kappa shape index (κ3) is 1.83.